The van der Waals surface area contributed by atoms with Crippen LogP contribution in [-0.4, -0.2) is 15.2 Å². The lowest BCUT2D eigenvalue weighted by atomic mass is 10.1. The summed E-state index contributed by atoms with van der Waals surface area (Å²) < 4.78 is 0. The third kappa shape index (κ3) is 2.36. The molecule has 0 aliphatic rings. The molecule has 1 N–H and O–H groups in total. The Hall–Kier alpha value is -2.75. The van der Waals surface area contributed by atoms with E-state index in [-0.39, 0.29) is 5.56 Å². The average Bonchev–Trinajstić information content (AvgIpc) is 2.49. The Labute approximate surface area is 115 Å². The number of rotatable bonds is 2. The topological polar surface area (TPSA) is 58.6 Å². The van der Waals surface area contributed by atoms with E-state index in [0.29, 0.717) is 5.39 Å². The zero-order chi connectivity index (χ0) is 13.9. The van der Waals surface area contributed by atoms with Crippen molar-refractivity contribution >= 4 is 22.9 Å². The minimum Gasteiger partial charge on any atom is -0.267 e. The standard InChI is InChI=1S/C16H13N3O/c1-11-6-7-12(10-17-11)8-9-15-13-4-2-3-5-14(13)16(20)19-18-15/h2-10H,1H3,(H,19,20)/b9-8+. The molecule has 0 saturated heterocycles. The van der Waals surface area contributed by atoms with Crippen molar-refractivity contribution < 1.29 is 0 Å². The van der Waals surface area contributed by atoms with E-state index in [1.54, 1.807) is 12.3 Å². The van der Waals surface area contributed by atoms with Crippen LogP contribution in [0.25, 0.3) is 22.9 Å². The fourth-order valence-electron chi connectivity index (χ4n) is 2.02. The number of pyridine rings is 1. The first-order valence-electron chi connectivity index (χ1n) is 6.32. The Morgan fingerprint density at radius 1 is 1.05 bits per heavy atom. The molecule has 0 atom stereocenters. The van der Waals surface area contributed by atoms with E-state index in [0.717, 1.165) is 22.3 Å². The maximum Gasteiger partial charge on any atom is 0.272 e. The molecule has 0 spiro atoms. The van der Waals surface area contributed by atoms with Crippen molar-refractivity contribution in [2.75, 3.05) is 0 Å². The number of fused-ring (bicyclic) bond motifs is 1. The molecular weight excluding hydrogens is 250 g/mol. The number of aromatic amines is 1. The molecule has 98 valence electrons. The van der Waals surface area contributed by atoms with Gasteiger partial charge in [-0.3, -0.25) is 9.78 Å². The van der Waals surface area contributed by atoms with Crippen molar-refractivity contribution in [1.29, 1.82) is 0 Å². The van der Waals surface area contributed by atoms with Gasteiger partial charge < -0.3 is 0 Å². The van der Waals surface area contributed by atoms with Crippen molar-refractivity contribution in [3.63, 3.8) is 0 Å². The van der Waals surface area contributed by atoms with Gasteiger partial charge >= 0.3 is 0 Å². The molecule has 4 nitrogen and oxygen atoms in total. The van der Waals surface area contributed by atoms with E-state index in [2.05, 4.69) is 15.2 Å². The lowest BCUT2D eigenvalue weighted by Crippen LogP contribution is -2.09. The van der Waals surface area contributed by atoms with Gasteiger partial charge in [-0.2, -0.15) is 5.10 Å². The fourth-order valence-corrected chi connectivity index (χ4v) is 2.02. The zero-order valence-corrected chi connectivity index (χ0v) is 11.0. The van der Waals surface area contributed by atoms with E-state index in [1.807, 2.05) is 49.4 Å². The molecule has 1 aromatic carbocycles. The molecule has 3 rings (SSSR count). The highest BCUT2D eigenvalue weighted by atomic mass is 16.1. The first-order chi connectivity index (χ1) is 9.74. The van der Waals surface area contributed by atoms with Gasteiger partial charge in [-0.15, -0.1) is 0 Å². The van der Waals surface area contributed by atoms with Crippen LogP contribution in [0.1, 0.15) is 17.0 Å². The summed E-state index contributed by atoms with van der Waals surface area (Å²) in [7, 11) is 0. The number of aryl methyl sites for hydroxylation is 1. The van der Waals surface area contributed by atoms with E-state index in [1.165, 1.54) is 0 Å². The molecular formula is C16H13N3O. The molecule has 3 aromatic rings. The number of benzene rings is 1. The second-order valence-electron chi connectivity index (χ2n) is 4.55. The highest BCUT2D eigenvalue weighted by molar-refractivity contribution is 5.90. The van der Waals surface area contributed by atoms with Crippen molar-refractivity contribution in [3.8, 4) is 0 Å². The number of nitrogens with zero attached hydrogens (tertiary/aromatic N) is 2. The molecule has 0 fully saturated rings. The molecule has 0 radical (unpaired) electrons. The van der Waals surface area contributed by atoms with Crippen LogP contribution >= 0.6 is 0 Å². The van der Waals surface area contributed by atoms with Gasteiger partial charge in [0.2, 0.25) is 0 Å². The van der Waals surface area contributed by atoms with Gasteiger partial charge in [0.05, 0.1) is 11.1 Å². The largest absolute Gasteiger partial charge is 0.272 e. The third-order valence-corrected chi connectivity index (χ3v) is 3.09. The van der Waals surface area contributed by atoms with Crippen LogP contribution in [0.15, 0.2) is 47.4 Å². The Morgan fingerprint density at radius 2 is 1.85 bits per heavy atom. The minimum atomic E-state index is -0.172. The van der Waals surface area contributed by atoms with Crippen LogP contribution in [0, 0.1) is 6.92 Å². The summed E-state index contributed by atoms with van der Waals surface area (Å²) in [5.74, 6) is 0. The van der Waals surface area contributed by atoms with E-state index < -0.39 is 0 Å². The van der Waals surface area contributed by atoms with Gasteiger partial charge in [0.15, 0.2) is 0 Å². The molecule has 0 bridgehead atoms. The minimum absolute atomic E-state index is 0.172. The summed E-state index contributed by atoms with van der Waals surface area (Å²) in [6.45, 7) is 1.95. The summed E-state index contributed by atoms with van der Waals surface area (Å²) in [6.07, 6.45) is 5.61. The number of nitrogens with one attached hydrogen (secondary N) is 1. The van der Waals surface area contributed by atoms with Crippen LogP contribution in [0.5, 0.6) is 0 Å². The molecule has 0 aliphatic heterocycles. The van der Waals surface area contributed by atoms with Crippen molar-refractivity contribution in [2.24, 2.45) is 0 Å². The summed E-state index contributed by atoms with van der Waals surface area (Å²) in [5, 5.41) is 8.09. The second kappa shape index (κ2) is 5.09. The highest BCUT2D eigenvalue weighted by Crippen LogP contribution is 2.15. The molecule has 4 heteroatoms. The van der Waals surface area contributed by atoms with Crippen LogP contribution < -0.4 is 5.56 Å². The number of aromatic nitrogens is 3. The summed E-state index contributed by atoms with van der Waals surface area (Å²) >= 11 is 0. The van der Waals surface area contributed by atoms with Gasteiger partial charge in [0.25, 0.3) is 5.56 Å². The Balaban J connectivity index is 2.05. The van der Waals surface area contributed by atoms with Crippen LogP contribution in [-0.2, 0) is 0 Å². The molecule has 0 aliphatic carbocycles. The van der Waals surface area contributed by atoms with E-state index in [4.69, 9.17) is 0 Å². The van der Waals surface area contributed by atoms with Gasteiger partial charge in [-0.25, -0.2) is 5.10 Å². The van der Waals surface area contributed by atoms with E-state index >= 15 is 0 Å². The smallest absolute Gasteiger partial charge is 0.267 e. The van der Waals surface area contributed by atoms with Gasteiger partial charge in [-0.1, -0.05) is 30.3 Å². The molecule has 20 heavy (non-hydrogen) atoms. The van der Waals surface area contributed by atoms with Crippen LogP contribution in [0.3, 0.4) is 0 Å². The first-order valence-corrected chi connectivity index (χ1v) is 6.32. The number of hydrogen-bond donors (Lipinski definition) is 1. The Kier molecular flexibility index (Phi) is 3.13. The second-order valence-corrected chi connectivity index (χ2v) is 4.55. The van der Waals surface area contributed by atoms with Crippen molar-refractivity contribution in [1.82, 2.24) is 15.2 Å². The van der Waals surface area contributed by atoms with Crippen LogP contribution in [0.4, 0.5) is 0 Å². The quantitative estimate of drug-likeness (QED) is 0.773. The molecule has 2 heterocycles. The van der Waals surface area contributed by atoms with Gasteiger partial charge in [0.1, 0.15) is 0 Å². The molecule has 0 unspecified atom stereocenters. The molecule has 0 saturated carbocycles. The maximum absolute atomic E-state index is 11.7. The predicted octanol–water partition coefficient (Wildman–Crippen LogP) is 2.80. The third-order valence-electron chi connectivity index (χ3n) is 3.09. The fraction of sp³-hybridized carbons (Fsp3) is 0.0625. The normalized spacial score (nSPS) is 11.2. The monoisotopic (exact) mass is 263 g/mol. The predicted molar refractivity (Wildman–Crippen MR) is 80.3 cm³/mol. The number of H-pyrrole nitrogens is 1. The van der Waals surface area contributed by atoms with Crippen molar-refractivity contribution in [3.05, 3.63) is 69.9 Å². The SMILES string of the molecule is Cc1ccc(/C=C/c2n[nH]c(=O)c3ccccc23)cn1. The number of hydrogen-bond acceptors (Lipinski definition) is 3. The molecule has 0 amide bonds. The van der Waals surface area contributed by atoms with Gasteiger partial charge in [-0.05, 0) is 30.7 Å². The summed E-state index contributed by atoms with van der Waals surface area (Å²) in [5.41, 5.74) is 2.54. The Bertz CT molecular complexity index is 832. The summed E-state index contributed by atoms with van der Waals surface area (Å²) in [6, 6.07) is 11.4. The first kappa shape index (κ1) is 12.3. The highest BCUT2D eigenvalue weighted by Gasteiger charge is 2.02. The lowest BCUT2D eigenvalue weighted by Gasteiger charge is -2.00. The average molecular weight is 263 g/mol. The van der Waals surface area contributed by atoms with Crippen LogP contribution in [0.2, 0.25) is 0 Å². The van der Waals surface area contributed by atoms with Crippen molar-refractivity contribution in [2.45, 2.75) is 6.92 Å². The Morgan fingerprint density at radius 3 is 2.60 bits per heavy atom. The van der Waals surface area contributed by atoms with Gasteiger partial charge in [0, 0.05) is 17.3 Å². The molecule has 2 aromatic heterocycles. The zero-order valence-electron chi connectivity index (χ0n) is 11.0. The summed E-state index contributed by atoms with van der Waals surface area (Å²) in [4.78, 5) is 15.9. The lowest BCUT2D eigenvalue weighted by molar-refractivity contribution is 1.00. The van der Waals surface area contributed by atoms with E-state index in [9.17, 15) is 4.79 Å². The maximum atomic E-state index is 11.7.